The number of nitrogens with zero attached hydrogens (tertiary/aromatic N) is 1. The third-order valence-corrected chi connectivity index (χ3v) is 5.05. The topological polar surface area (TPSA) is 24.5 Å². The molecule has 0 amide bonds. The van der Waals surface area contributed by atoms with E-state index in [0.717, 1.165) is 17.6 Å². The summed E-state index contributed by atoms with van der Waals surface area (Å²) in [6, 6.07) is 9.63. The van der Waals surface area contributed by atoms with E-state index in [0.29, 0.717) is 12.1 Å². The van der Waals surface area contributed by atoms with Crippen LogP contribution in [0.3, 0.4) is 0 Å². The zero-order valence-corrected chi connectivity index (χ0v) is 12.1. The van der Waals surface area contributed by atoms with E-state index < -0.39 is 0 Å². The highest BCUT2D eigenvalue weighted by atomic mass is 16.5. The van der Waals surface area contributed by atoms with Gasteiger partial charge in [0, 0.05) is 18.6 Å². The molecular weight excluding hydrogens is 236 g/mol. The normalized spacial score (nSPS) is 32.3. The number of fused-ring (bicyclic) bond motifs is 1. The van der Waals surface area contributed by atoms with Gasteiger partial charge in [-0.3, -0.25) is 4.90 Å². The number of nitrogens with one attached hydrogen (secondary N) is 1. The molecule has 1 N–H and O–H groups in total. The summed E-state index contributed by atoms with van der Waals surface area (Å²) in [4.78, 5) is 2.66. The summed E-state index contributed by atoms with van der Waals surface area (Å²) in [5.74, 6) is 2.62. The molecule has 4 atom stereocenters. The molecule has 3 nitrogen and oxygen atoms in total. The Morgan fingerprint density at radius 1 is 1.37 bits per heavy atom. The van der Waals surface area contributed by atoms with E-state index in [1.807, 2.05) is 6.07 Å². The molecule has 2 aliphatic rings. The zero-order chi connectivity index (χ0) is 13.4. The van der Waals surface area contributed by atoms with E-state index in [4.69, 9.17) is 4.74 Å². The van der Waals surface area contributed by atoms with Crippen LogP contribution >= 0.6 is 0 Å². The summed E-state index contributed by atoms with van der Waals surface area (Å²) in [5.41, 5.74) is 1.36. The molecule has 0 spiro atoms. The highest BCUT2D eigenvalue weighted by molar-refractivity contribution is 5.30. The molecule has 2 aliphatic heterocycles. The lowest BCUT2D eigenvalue weighted by molar-refractivity contribution is 0.182. The molecule has 0 bridgehead atoms. The molecule has 2 heterocycles. The predicted molar refractivity (Wildman–Crippen MR) is 77.4 cm³/mol. The second-order valence-corrected chi connectivity index (χ2v) is 5.97. The average molecular weight is 260 g/mol. The molecule has 1 aromatic rings. The maximum Gasteiger partial charge on any atom is 0.119 e. The van der Waals surface area contributed by atoms with Crippen LogP contribution in [0.15, 0.2) is 24.3 Å². The van der Waals surface area contributed by atoms with Crippen LogP contribution in [0.4, 0.5) is 0 Å². The molecule has 3 heteroatoms. The van der Waals surface area contributed by atoms with E-state index in [-0.39, 0.29) is 0 Å². The Labute approximate surface area is 115 Å². The first kappa shape index (κ1) is 12.9. The van der Waals surface area contributed by atoms with Crippen molar-refractivity contribution >= 4 is 0 Å². The highest BCUT2D eigenvalue weighted by Gasteiger charge is 2.43. The van der Waals surface area contributed by atoms with Gasteiger partial charge in [-0.05, 0) is 56.5 Å². The number of ether oxygens (including phenoxy) is 1. The van der Waals surface area contributed by atoms with E-state index in [9.17, 15) is 0 Å². The maximum atomic E-state index is 5.34. The van der Waals surface area contributed by atoms with Crippen molar-refractivity contribution in [2.24, 2.45) is 11.8 Å². The van der Waals surface area contributed by atoms with Crippen molar-refractivity contribution in [3.05, 3.63) is 29.8 Å². The molecule has 1 aromatic carbocycles. The third-order valence-electron chi connectivity index (χ3n) is 5.05. The fourth-order valence-electron chi connectivity index (χ4n) is 3.80. The van der Waals surface area contributed by atoms with Crippen LogP contribution < -0.4 is 10.1 Å². The second-order valence-electron chi connectivity index (χ2n) is 5.97. The van der Waals surface area contributed by atoms with Crippen LogP contribution in [-0.4, -0.2) is 37.7 Å². The molecule has 0 radical (unpaired) electrons. The number of hydrogen-bond acceptors (Lipinski definition) is 3. The zero-order valence-electron chi connectivity index (χ0n) is 12.1. The molecule has 4 unspecified atom stereocenters. The maximum absolute atomic E-state index is 5.34. The van der Waals surface area contributed by atoms with Crippen molar-refractivity contribution in [2.75, 3.05) is 26.7 Å². The number of benzene rings is 1. The van der Waals surface area contributed by atoms with Gasteiger partial charge in [-0.2, -0.15) is 0 Å². The minimum Gasteiger partial charge on any atom is -0.497 e. The molecule has 19 heavy (non-hydrogen) atoms. The Morgan fingerprint density at radius 2 is 2.21 bits per heavy atom. The fraction of sp³-hybridized carbons (Fsp3) is 0.625. The van der Waals surface area contributed by atoms with Crippen LogP contribution in [0.5, 0.6) is 5.75 Å². The number of methoxy groups -OCH3 is 1. The summed E-state index contributed by atoms with van der Waals surface area (Å²) in [5, 5.41) is 3.53. The van der Waals surface area contributed by atoms with Gasteiger partial charge in [-0.15, -0.1) is 0 Å². The van der Waals surface area contributed by atoms with Crippen molar-refractivity contribution < 1.29 is 4.74 Å². The minimum atomic E-state index is 0.468. The first-order chi connectivity index (χ1) is 9.20. The standard InChI is InChI=1S/C16H24N2O/c1-11(13-5-4-6-15(7-13)19-3)18-10-14-8-17-9-16(14)12(18)2/h4-7,11-12,14,16-17H,8-10H2,1-3H3. The molecule has 2 fully saturated rings. The van der Waals surface area contributed by atoms with Crippen LogP contribution in [-0.2, 0) is 0 Å². The largest absolute Gasteiger partial charge is 0.497 e. The summed E-state index contributed by atoms with van der Waals surface area (Å²) in [6.07, 6.45) is 0. The second kappa shape index (κ2) is 5.14. The summed E-state index contributed by atoms with van der Waals surface area (Å²) >= 11 is 0. The summed E-state index contributed by atoms with van der Waals surface area (Å²) in [6.45, 7) is 8.30. The number of likely N-dealkylation sites (tertiary alicyclic amines) is 1. The molecule has 2 saturated heterocycles. The molecule has 0 saturated carbocycles. The molecule has 3 rings (SSSR count). The van der Waals surface area contributed by atoms with Crippen molar-refractivity contribution in [1.29, 1.82) is 0 Å². The van der Waals surface area contributed by atoms with Gasteiger partial charge in [0.2, 0.25) is 0 Å². The Bertz CT molecular complexity index is 448. The lowest BCUT2D eigenvalue weighted by Crippen LogP contribution is -2.35. The first-order valence-electron chi connectivity index (χ1n) is 7.31. The van der Waals surface area contributed by atoms with Gasteiger partial charge in [0.1, 0.15) is 5.75 Å². The first-order valence-corrected chi connectivity index (χ1v) is 7.31. The van der Waals surface area contributed by atoms with Crippen LogP contribution in [0.2, 0.25) is 0 Å². The average Bonchev–Trinajstić information content (AvgIpc) is 3.01. The van der Waals surface area contributed by atoms with Crippen molar-refractivity contribution in [2.45, 2.75) is 25.9 Å². The van der Waals surface area contributed by atoms with Gasteiger partial charge in [-0.25, -0.2) is 0 Å². The van der Waals surface area contributed by atoms with E-state index >= 15 is 0 Å². The van der Waals surface area contributed by atoms with E-state index in [1.54, 1.807) is 7.11 Å². The van der Waals surface area contributed by atoms with Gasteiger partial charge >= 0.3 is 0 Å². The smallest absolute Gasteiger partial charge is 0.119 e. The molecule has 104 valence electrons. The summed E-state index contributed by atoms with van der Waals surface area (Å²) in [7, 11) is 1.73. The summed E-state index contributed by atoms with van der Waals surface area (Å²) < 4.78 is 5.34. The molecular formula is C16H24N2O. The van der Waals surface area contributed by atoms with E-state index in [1.165, 1.54) is 25.2 Å². The van der Waals surface area contributed by atoms with Gasteiger partial charge in [0.25, 0.3) is 0 Å². The number of rotatable bonds is 3. The van der Waals surface area contributed by atoms with Gasteiger partial charge < -0.3 is 10.1 Å². The SMILES string of the molecule is COc1cccc(C(C)N2CC3CNCC3C2C)c1. The van der Waals surface area contributed by atoms with Crippen LogP contribution in [0.25, 0.3) is 0 Å². The van der Waals surface area contributed by atoms with Crippen molar-refractivity contribution in [1.82, 2.24) is 10.2 Å². The monoisotopic (exact) mass is 260 g/mol. The molecule has 0 aromatic heterocycles. The lowest BCUT2D eigenvalue weighted by Gasteiger charge is -2.31. The Hall–Kier alpha value is -1.06. The lowest BCUT2D eigenvalue weighted by atomic mass is 9.95. The van der Waals surface area contributed by atoms with Gasteiger partial charge in [0.15, 0.2) is 0 Å². The third kappa shape index (κ3) is 2.26. The van der Waals surface area contributed by atoms with Gasteiger partial charge in [-0.1, -0.05) is 12.1 Å². The quantitative estimate of drug-likeness (QED) is 0.902. The number of hydrogen-bond donors (Lipinski definition) is 1. The minimum absolute atomic E-state index is 0.468. The molecule has 0 aliphatic carbocycles. The van der Waals surface area contributed by atoms with Crippen molar-refractivity contribution in [3.8, 4) is 5.75 Å². The Kier molecular flexibility index (Phi) is 3.50. The van der Waals surface area contributed by atoms with Crippen molar-refractivity contribution in [3.63, 3.8) is 0 Å². The van der Waals surface area contributed by atoms with Crippen LogP contribution in [0, 0.1) is 11.8 Å². The highest BCUT2D eigenvalue weighted by Crippen LogP contribution is 2.38. The fourth-order valence-corrected chi connectivity index (χ4v) is 3.80. The Morgan fingerprint density at radius 3 is 2.95 bits per heavy atom. The Balaban J connectivity index is 1.78. The van der Waals surface area contributed by atoms with Gasteiger partial charge in [0.05, 0.1) is 7.11 Å². The predicted octanol–water partition coefficient (Wildman–Crippen LogP) is 2.30. The van der Waals surface area contributed by atoms with Crippen LogP contribution in [0.1, 0.15) is 25.5 Å². The van der Waals surface area contributed by atoms with E-state index in [2.05, 4.69) is 42.3 Å².